The molecule has 7 heteroatoms. The van der Waals surface area contributed by atoms with Crippen LogP contribution < -0.4 is 0 Å². The Hall–Kier alpha value is -3.92. The standard InChI is InChI=1S/C24H22N4O3/c1-2-31-24(30)23-20-17-27(22(29)12-11-18-8-4-3-5-9-18)15-13-21(20)28(26-23)16-19-10-6-7-14-25-19/h3-10,14H,2,13,15-17H2,1H3. The fourth-order valence-electron chi connectivity index (χ4n) is 3.53. The Morgan fingerprint density at radius 2 is 1.94 bits per heavy atom. The molecule has 0 unspecified atom stereocenters. The van der Waals surface area contributed by atoms with Gasteiger partial charge in [0.05, 0.1) is 25.4 Å². The Morgan fingerprint density at radius 3 is 2.68 bits per heavy atom. The molecule has 0 saturated carbocycles. The Balaban J connectivity index is 1.60. The zero-order valence-corrected chi connectivity index (χ0v) is 17.2. The fraction of sp³-hybridized carbons (Fsp3) is 0.250. The molecule has 2 aromatic heterocycles. The molecule has 7 nitrogen and oxygen atoms in total. The molecule has 1 aromatic carbocycles. The molecule has 31 heavy (non-hydrogen) atoms. The van der Waals surface area contributed by atoms with Crippen molar-refractivity contribution in [1.82, 2.24) is 19.7 Å². The molecule has 1 amide bonds. The summed E-state index contributed by atoms with van der Waals surface area (Å²) < 4.78 is 6.99. The van der Waals surface area contributed by atoms with Gasteiger partial charge in [0.15, 0.2) is 5.69 Å². The van der Waals surface area contributed by atoms with Crippen LogP contribution >= 0.6 is 0 Å². The summed E-state index contributed by atoms with van der Waals surface area (Å²) in [6.45, 7) is 3.24. The zero-order chi connectivity index (χ0) is 21.6. The molecule has 1 aliphatic rings. The van der Waals surface area contributed by atoms with Crippen LogP contribution in [0, 0.1) is 11.8 Å². The summed E-state index contributed by atoms with van der Waals surface area (Å²) in [5.41, 5.74) is 3.52. The van der Waals surface area contributed by atoms with E-state index in [-0.39, 0.29) is 24.8 Å². The van der Waals surface area contributed by atoms with Crippen molar-refractivity contribution in [2.75, 3.05) is 13.2 Å². The molecule has 3 heterocycles. The summed E-state index contributed by atoms with van der Waals surface area (Å²) in [5.74, 6) is 4.84. The van der Waals surface area contributed by atoms with Gasteiger partial charge < -0.3 is 9.64 Å². The van der Waals surface area contributed by atoms with E-state index in [0.29, 0.717) is 19.5 Å². The van der Waals surface area contributed by atoms with Crippen molar-refractivity contribution < 1.29 is 14.3 Å². The Kier molecular flexibility index (Phi) is 6.08. The van der Waals surface area contributed by atoms with Gasteiger partial charge in [0.1, 0.15) is 0 Å². The molecule has 0 N–H and O–H groups in total. The lowest BCUT2D eigenvalue weighted by Crippen LogP contribution is -2.36. The first kappa shape index (κ1) is 20.4. The van der Waals surface area contributed by atoms with Crippen LogP contribution in [0.2, 0.25) is 0 Å². The van der Waals surface area contributed by atoms with Crippen LogP contribution in [0.5, 0.6) is 0 Å². The summed E-state index contributed by atoms with van der Waals surface area (Å²) in [7, 11) is 0. The smallest absolute Gasteiger partial charge is 0.359 e. The number of nitrogens with zero attached hydrogens (tertiary/aromatic N) is 4. The first-order valence-corrected chi connectivity index (χ1v) is 10.2. The minimum absolute atomic E-state index is 0.251. The van der Waals surface area contributed by atoms with Gasteiger partial charge in [0, 0.05) is 41.9 Å². The lowest BCUT2D eigenvalue weighted by atomic mass is 10.0. The Morgan fingerprint density at radius 1 is 1.13 bits per heavy atom. The van der Waals surface area contributed by atoms with Crippen molar-refractivity contribution >= 4 is 11.9 Å². The molecule has 0 aliphatic carbocycles. The maximum absolute atomic E-state index is 12.7. The number of hydrogen-bond donors (Lipinski definition) is 0. The number of esters is 1. The first-order valence-electron chi connectivity index (χ1n) is 10.2. The third-order valence-corrected chi connectivity index (χ3v) is 5.02. The van der Waals surface area contributed by atoms with Crippen LogP contribution in [0.25, 0.3) is 0 Å². The average molecular weight is 414 g/mol. The topological polar surface area (TPSA) is 77.3 Å². The van der Waals surface area contributed by atoms with Crippen LogP contribution in [-0.2, 0) is 29.0 Å². The summed E-state index contributed by atoms with van der Waals surface area (Å²) >= 11 is 0. The van der Waals surface area contributed by atoms with Crippen molar-refractivity contribution in [3.63, 3.8) is 0 Å². The highest BCUT2D eigenvalue weighted by Crippen LogP contribution is 2.24. The van der Waals surface area contributed by atoms with Gasteiger partial charge in [-0.1, -0.05) is 30.2 Å². The highest BCUT2D eigenvalue weighted by molar-refractivity contribution is 5.95. The van der Waals surface area contributed by atoms with E-state index >= 15 is 0 Å². The van der Waals surface area contributed by atoms with E-state index in [1.54, 1.807) is 22.7 Å². The molecule has 0 atom stereocenters. The predicted octanol–water partition coefficient (Wildman–Crippen LogP) is 2.44. The van der Waals surface area contributed by atoms with Crippen LogP contribution in [0.15, 0.2) is 54.7 Å². The largest absolute Gasteiger partial charge is 0.461 e. The molecular weight excluding hydrogens is 392 g/mol. The maximum Gasteiger partial charge on any atom is 0.359 e. The predicted molar refractivity (Wildman–Crippen MR) is 114 cm³/mol. The van der Waals surface area contributed by atoms with Gasteiger partial charge in [-0.05, 0) is 31.2 Å². The van der Waals surface area contributed by atoms with Gasteiger partial charge in [-0.3, -0.25) is 14.5 Å². The summed E-state index contributed by atoms with van der Waals surface area (Å²) in [6, 6.07) is 15.0. The number of carbonyl (C=O) groups excluding carboxylic acids is 2. The normalized spacial score (nSPS) is 12.5. The molecule has 0 radical (unpaired) electrons. The SMILES string of the molecule is CCOC(=O)c1nn(Cc2ccccn2)c2c1CN(C(=O)C#Cc1ccccc1)CC2. The van der Waals surface area contributed by atoms with Crippen molar-refractivity contribution in [3.8, 4) is 11.8 Å². The highest BCUT2D eigenvalue weighted by atomic mass is 16.5. The highest BCUT2D eigenvalue weighted by Gasteiger charge is 2.30. The monoisotopic (exact) mass is 414 g/mol. The number of pyridine rings is 1. The van der Waals surface area contributed by atoms with E-state index in [1.807, 2.05) is 48.5 Å². The van der Waals surface area contributed by atoms with E-state index < -0.39 is 5.97 Å². The van der Waals surface area contributed by atoms with Crippen molar-refractivity contribution in [1.29, 1.82) is 0 Å². The second-order valence-electron chi connectivity index (χ2n) is 7.07. The molecule has 0 bridgehead atoms. The van der Waals surface area contributed by atoms with Crippen LogP contribution in [0.1, 0.15) is 39.9 Å². The summed E-state index contributed by atoms with van der Waals surface area (Å²) in [6.07, 6.45) is 2.30. The number of amides is 1. The molecule has 1 aliphatic heterocycles. The molecule has 0 fully saturated rings. The number of benzene rings is 1. The third-order valence-electron chi connectivity index (χ3n) is 5.02. The number of fused-ring (bicyclic) bond motifs is 1. The molecule has 0 saturated heterocycles. The minimum atomic E-state index is -0.483. The average Bonchev–Trinajstić information content (AvgIpc) is 3.16. The molecule has 3 aromatic rings. The van der Waals surface area contributed by atoms with E-state index in [0.717, 1.165) is 22.5 Å². The van der Waals surface area contributed by atoms with Gasteiger partial charge in [-0.15, -0.1) is 0 Å². The summed E-state index contributed by atoms with van der Waals surface area (Å²) in [5, 5.41) is 4.52. The Bertz CT molecular complexity index is 1140. The fourth-order valence-corrected chi connectivity index (χ4v) is 3.53. The van der Waals surface area contributed by atoms with Crippen LogP contribution in [0.3, 0.4) is 0 Å². The van der Waals surface area contributed by atoms with E-state index in [1.165, 1.54) is 0 Å². The molecular formula is C24H22N4O3. The van der Waals surface area contributed by atoms with E-state index in [4.69, 9.17) is 4.74 Å². The first-order chi connectivity index (χ1) is 15.2. The number of ether oxygens (including phenoxy) is 1. The van der Waals surface area contributed by atoms with E-state index in [2.05, 4.69) is 21.9 Å². The third kappa shape index (κ3) is 4.64. The van der Waals surface area contributed by atoms with Crippen LogP contribution in [-0.4, -0.2) is 44.7 Å². The molecule has 4 rings (SSSR count). The van der Waals surface area contributed by atoms with Gasteiger partial charge in [0.25, 0.3) is 5.91 Å². The quantitative estimate of drug-likeness (QED) is 0.484. The number of carbonyl (C=O) groups is 2. The number of hydrogen-bond acceptors (Lipinski definition) is 5. The second-order valence-corrected chi connectivity index (χ2v) is 7.07. The lowest BCUT2D eigenvalue weighted by Gasteiger charge is -2.26. The van der Waals surface area contributed by atoms with Gasteiger partial charge in [-0.25, -0.2) is 4.79 Å². The van der Waals surface area contributed by atoms with Crippen LogP contribution in [0.4, 0.5) is 0 Å². The second kappa shape index (κ2) is 9.26. The number of aromatic nitrogens is 3. The zero-order valence-electron chi connectivity index (χ0n) is 17.2. The van der Waals surface area contributed by atoms with Gasteiger partial charge >= 0.3 is 5.97 Å². The van der Waals surface area contributed by atoms with Crippen molar-refractivity contribution in [2.45, 2.75) is 26.4 Å². The van der Waals surface area contributed by atoms with Crippen molar-refractivity contribution in [2.24, 2.45) is 0 Å². The van der Waals surface area contributed by atoms with Gasteiger partial charge in [0.2, 0.25) is 0 Å². The van der Waals surface area contributed by atoms with Gasteiger partial charge in [-0.2, -0.15) is 5.10 Å². The van der Waals surface area contributed by atoms with E-state index in [9.17, 15) is 9.59 Å². The summed E-state index contributed by atoms with van der Waals surface area (Å²) in [4.78, 5) is 31.2. The Labute approximate surface area is 180 Å². The maximum atomic E-state index is 12.7. The molecule has 156 valence electrons. The van der Waals surface area contributed by atoms with Crippen molar-refractivity contribution in [3.05, 3.63) is 82.9 Å². The minimum Gasteiger partial charge on any atom is -0.461 e. The molecule has 0 spiro atoms. The lowest BCUT2D eigenvalue weighted by molar-refractivity contribution is -0.126. The number of rotatable bonds is 4.